The van der Waals surface area contributed by atoms with Crippen LogP contribution in [0.4, 0.5) is 4.39 Å². The molecule has 0 saturated heterocycles. The maximum atomic E-state index is 12.9. The maximum Gasteiger partial charge on any atom is 0.225 e. The van der Waals surface area contributed by atoms with Crippen LogP contribution in [0, 0.1) is 0 Å². The zero-order valence-electron chi connectivity index (χ0n) is 11.6. The minimum Gasteiger partial charge on any atom is -0.369 e. The van der Waals surface area contributed by atoms with Gasteiger partial charge in [-0.2, -0.15) is 0 Å². The van der Waals surface area contributed by atoms with E-state index in [2.05, 4.69) is 6.92 Å². The molecule has 0 fully saturated rings. The SMILES string of the molecule is CC1CCC(C(N)=O)c2c1n(CCF)c1ccccc21. The molecular formula is C16H19FN2O. The first-order chi connectivity index (χ1) is 9.65. The number of fused-ring (bicyclic) bond motifs is 3. The third-order valence-corrected chi connectivity index (χ3v) is 4.41. The number of amides is 1. The highest BCUT2D eigenvalue weighted by molar-refractivity contribution is 5.93. The fourth-order valence-corrected chi connectivity index (χ4v) is 3.56. The standard InChI is InChI=1S/C16H19FN2O/c1-10-6-7-12(16(18)20)14-11-4-2-3-5-13(11)19(9-8-17)15(10)14/h2-5,10,12H,6-9H2,1H3,(H2,18,20). The molecule has 3 rings (SSSR count). The second-order valence-corrected chi connectivity index (χ2v) is 5.59. The molecule has 0 spiro atoms. The number of carbonyl (C=O) groups is 1. The van der Waals surface area contributed by atoms with Crippen molar-refractivity contribution in [3.05, 3.63) is 35.5 Å². The van der Waals surface area contributed by atoms with Crippen LogP contribution in [0.5, 0.6) is 0 Å². The van der Waals surface area contributed by atoms with Gasteiger partial charge in [0, 0.05) is 16.6 Å². The van der Waals surface area contributed by atoms with Gasteiger partial charge in [-0.05, 0) is 30.4 Å². The zero-order valence-corrected chi connectivity index (χ0v) is 11.6. The van der Waals surface area contributed by atoms with Gasteiger partial charge in [0.05, 0.1) is 12.5 Å². The van der Waals surface area contributed by atoms with Gasteiger partial charge < -0.3 is 10.3 Å². The van der Waals surface area contributed by atoms with Crippen LogP contribution in [0.1, 0.15) is 42.9 Å². The minimum atomic E-state index is -0.404. The van der Waals surface area contributed by atoms with Crippen LogP contribution < -0.4 is 5.73 Å². The Balaban J connectivity index is 2.34. The molecule has 2 atom stereocenters. The van der Waals surface area contributed by atoms with E-state index in [1.54, 1.807) is 0 Å². The summed E-state index contributed by atoms with van der Waals surface area (Å²) in [6.45, 7) is 2.08. The van der Waals surface area contributed by atoms with E-state index < -0.39 is 6.67 Å². The largest absolute Gasteiger partial charge is 0.369 e. The van der Waals surface area contributed by atoms with E-state index in [1.165, 1.54) is 0 Å². The molecule has 106 valence electrons. The summed E-state index contributed by atoms with van der Waals surface area (Å²) in [5.41, 5.74) is 8.71. The normalized spacial score (nSPS) is 21.9. The Kier molecular flexibility index (Phi) is 3.24. The molecule has 1 aromatic heterocycles. The number of aromatic nitrogens is 1. The molecule has 0 bridgehead atoms. The summed E-state index contributed by atoms with van der Waals surface area (Å²) >= 11 is 0. The fourth-order valence-electron chi connectivity index (χ4n) is 3.56. The number of carbonyl (C=O) groups excluding carboxylic acids is 1. The quantitative estimate of drug-likeness (QED) is 0.918. The number of rotatable bonds is 3. The molecular weight excluding hydrogens is 255 g/mol. The van der Waals surface area contributed by atoms with Gasteiger partial charge >= 0.3 is 0 Å². The van der Waals surface area contributed by atoms with Crippen molar-refractivity contribution in [1.29, 1.82) is 0 Å². The number of nitrogens with two attached hydrogens (primary N) is 1. The number of primary amides is 1. The van der Waals surface area contributed by atoms with E-state index in [4.69, 9.17) is 5.73 Å². The van der Waals surface area contributed by atoms with Gasteiger partial charge in [0.25, 0.3) is 0 Å². The topological polar surface area (TPSA) is 48.0 Å². The third-order valence-electron chi connectivity index (χ3n) is 4.41. The molecule has 2 unspecified atom stereocenters. The molecule has 20 heavy (non-hydrogen) atoms. The molecule has 1 aliphatic carbocycles. The van der Waals surface area contributed by atoms with E-state index in [9.17, 15) is 9.18 Å². The van der Waals surface area contributed by atoms with E-state index in [1.807, 2.05) is 28.8 Å². The highest BCUT2D eigenvalue weighted by atomic mass is 19.1. The highest BCUT2D eigenvalue weighted by Crippen LogP contribution is 2.44. The first-order valence-corrected chi connectivity index (χ1v) is 7.11. The first-order valence-electron chi connectivity index (χ1n) is 7.11. The molecule has 4 heteroatoms. The van der Waals surface area contributed by atoms with E-state index in [0.717, 1.165) is 35.0 Å². The van der Waals surface area contributed by atoms with Gasteiger partial charge in [0.2, 0.25) is 5.91 Å². The predicted molar refractivity (Wildman–Crippen MR) is 77.5 cm³/mol. The fraction of sp³-hybridized carbons (Fsp3) is 0.438. The lowest BCUT2D eigenvalue weighted by Crippen LogP contribution is -2.26. The van der Waals surface area contributed by atoms with Crippen molar-refractivity contribution >= 4 is 16.8 Å². The second-order valence-electron chi connectivity index (χ2n) is 5.59. The smallest absolute Gasteiger partial charge is 0.225 e. The van der Waals surface area contributed by atoms with Gasteiger partial charge in [-0.25, -0.2) is 4.39 Å². The average molecular weight is 274 g/mol. The summed E-state index contributed by atoms with van der Waals surface area (Å²) < 4.78 is 15.0. The van der Waals surface area contributed by atoms with Crippen LogP contribution in [0.25, 0.3) is 10.9 Å². The predicted octanol–water partition coefficient (Wildman–Crippen LogP) is 3.08. The zero-order chi connectivity index (χ0) is 14.3. The number of aryl methyl sites for hydroxylation is 1. The summed E-state index contributed by atoms with van der Waals surface area (Å²) in [7, 11) is 0. The molecule has 0 saturated carbocycles. The third kappa shape index (κ3) is 1.82. The summed E-state index contributed by atoms with van der Waals surface area (Å²) in [5, 5.41) is 1.05. The number of halogens is 1. The van der Waals surface area contributed by atoms with Crippen molar-refractivity contribution in [1.82, 2.24) is 4.57 Å². The first kappa shape index (κ1) is 13.2. The Labute approximate surface area is 117 Å². The van der Waals surface area contributed by atoms with Crippen molar-refractivity contribution in [2.75, 3.05) is 6.67 Å². The van der Waals surface area contributed by atoms with E-state index in [-0.39, 0.29) is 11.8 Å². The lowest BCUT2D eigenvalue weighted by Gasteiger charge is -2.27. The molecule has 0 radical (unpaired) electrons. The van der Waals surface area contributed by atoms with E-state index in [0.29, 0.717) is 12.5 Å². The van der Waals surface area contributed by atoms with Crippen LogP contribution >= 0.6 is 0 Å². The molecule has 2 N–H and O–H groups in total. The van der Waals surface area contributed by atoms with Gasteiger partial charge in [-0.3, -0.25) is 4.79 Å². The number of benzene rings is 1. The number of hydrogen-bond acceptors (Lipinski definition) is 1. The molecule has 2 aromatic rings. The summed E-state index contributed by atoms with van der Waals surface area (Å²) in [4.78, 5) is 11.8. The number of hydrogen-bond donors (Lipinski definition) is 1. The van der Waals surface area contributed by atoms with Gasteiger partial charge in [0.15, 0.2) is 0 Å². The van der Waals surface area contributed by atoms with Crippen LogP contribution in [-0.4, -0.2) is 17.1 Å². The highest BCUT2D eigenvalue weighted by Gasteiger charge is 2.33. The number of alkyl halides is 1. The molecule has 0 aliphatic heterocycles. The lowest BCUT2D eigenvalue weighted by atomic mass is 9.80. The van der Waals surface area contributed by atoms with Crippen molar-refractivity contribution in [2.24, 2.45) is 5.73 Å². The summed E-state index contributed by atoms with van der Waals surface area (Å²) in [5.74, 6) is -0.187. The number of nitrogens with zero attached hydrogens (tertiary/aromatic N) is 1. The monoisotopic (exact) mass is 274 g/mol. The Hall–Kier alpha value is -1.84. The molecule has 1 amide bonds. The lowest BCUT2D eigenvalue weighted by molar-refractivity contribution is -0.119. The Morgan fingerprint density at radius 1 is 1.40 bits per heavy atom. The molecule has 3 nitrogen and oxygen atoms in total. The van der Waals surface area contributed by atoms with Crippen LogP contribution in [-0.2, 0) is 11.3 Å². The number of para-hydroxylation sites is 1. The Bertz CT molecular complexity index is 662. The molecule has 1 aromatic carbocycles. The van der Waals surface area contributed by atoms with Crippen LogP contribution in [0.2, 0.25) is 0 Å². The van der Waals surface area contributed by atoms with Gasteiger partial charge in [-0.1, -0.05) is 25.1 Å². The second kappa shape index (κ2) is 4.93. The maximum absolute atomic E-state index is 12.9. The summed E-state index contributed by atoms with van der Waals surface area (Å²) in [6.07, 6.45) is 1.70. The Morgan fingerprint density at radius 2 is 2.15 bits per heavy atom. The van der Waals surface area contributed by atoms with Crippen molar-refractivity contribution < 1.29 is 9.18 Å². The van der Waals surface area contributed by atoms with Crippen molar-refractivity contribution in [2.45, 2.75) is 38.1 Å². The van der Waals surface area contributed by atoms with Gasteiger partial charge in [-0.15, -0.1) is 0 Å². The molecule has 1 heterocycles. The van der Waals surface area contributed by atoms with Crippen LogP contribution in [0.15, 0.2) is 24.3 Å². The van der Waals surface area contributed by atoms with E-state index >= 15 is 0 Å². The Morgan fingerprint density at radius 3 is 2.85 bits per heavy atom. The van der Waals surface area contributed by atoms with Crippen molar-refractivity contribution in [3.63, 3.8) is 0 Å². The molecule has 1 aliphatic rings. The summed E-state index contributed by atoms with van der Waals surface area (Å²) in [6, 6.07) is 7.91. The van der Waals surface area contributed by atoms with Gasteiger partial charge in [0.1, 0.15) is 6.67 Å². The van der Waals surface area contributed by atoms with Crippen molar-refractivity contribution in [3.8, 4) is 0 Å². The van der Waals surface area contributed by atoms with Crippen LogP contribution in [0.3, 0.4) is 0 Å². The minimum absolute atomic E-state index is 0.244. The average Bonchev–Trinajstić information content (AvgIpc) is 2.76.